The van der Waals surface area contributed by atoms with Crippen LogP contribution in [0, 0.1) is 13.8 Å². The number of nitrogens with one attached hydrogen (secondary N) is 1. The van der Waals surface area contributed by atoms with Gasteiger partial charge in [-0.15, -0.1) is 0 Å². The maximum Gasteiger partial charge on any atom is 0.122 e. The Morgan fingerprint density at radius 3 is 2.47 bits per heavy atom. The van der Waals surface area contributed by atoms with Crippen LogP contribution in [0.2, 0.25) is 0 Å². The van der Waals surface area contributed by atoms with E-state index in [0.29, 0.717) is 19.2 Å². The molecule has 0 saturated carbocycles. The Labute approximate surface area is 117 Å². The first-order valence-corrected chi connectivity index (χ1v) is 7.18. The van der Waals surface area contributed by atoms with Crippen LogP contribution in [0.15, 0.2) is 18.2 Å². The molecule has 0 aliphatic carbocycles. The van der Waals surface area contributed by atoms with Gasteiger partial charge in [-0.1, -0.05) is 31.5 Å². The molecule has 0 aliphatic rings. The number of hydrogen-bond acceptors (Lipinski definition) is 3. The van der Waals surface area contributed by atoms with Gasteiger partial charge in [-0.2, -0.15) is 0 Å². The molecule has 0 spiro atoms. The molecule has 1 aromatic rings. The molecule has 1 atom stereocenters. The van der Waals surface area contributed by atoms with E-state index in [1.54, 1.807) is 0 Å². The van der Waals surface area contributed by atoms with Crippen molar-refractivity contribution in [3.63, 3.8) is 0 Å². The zero-order valence-corrected chi connectivity index (χ0v) is 12.6. The van der Waals surface area contributed by atoms with Gasteiger partial charge in [0.05, 0.1) is 0 Å². The number of aryl methyl sites for hydroxylation is 2. The van der Waals surface area contributed by atoms with Crippen molar-refractivity contribution in [1.82, 2.24) is 5.32 Å². The van der Waals surface area contributed by atoms with E-state index >= 15 is 0 Å². The van der Waals surface area contributed by atoms with Crippen LogP contribution in [0.5, 0.6) is 5.75 Å². The number of aliphatic hydroxyl groups is 1. The molecule has 3 nitrogen and oxygen atoms in total. The highest BCUT2D eigenvalue weighted by Gasteiger charge is 2.09. The SMILES string of the molecule is CCC(CC)NC[C@H](O)COc1ccc(C)cc1C. The molecule has 3 heteroatoms. The second-order valence-electron chi connectivity index (χ2n) is 5.16. The standard InChI is InChI=1S/C16H27NO2/c1-5-14(6-2)17-10-15(18)11-19-16-8-7-12(3)9-13(16)4/h7-9,14-15,17-18H,5-6,10-11H2,1-4H3/t15-/m0/s1. The van der Waals surface area contributed by atoms with Crippen molar-refractivity contribution >= 4 is 0 Å². The summed E-state index contributed by atoms with van der Waals surface area (Å²) in [6.07, 6.45) is 1.70. The molecule has 0 fully saturated rings. The first-order valence-electron chi connectivity index (χ1n) is 7.18. The quantitative estimate of drug-likeness (QED) is 0.759. The van der Waals surface area contributed by atoms with Crippen LogP contribution in [0.1, 0.15) is 37.8 Å². The number of rotatable bonds is 8. The lowest BCUT2D eigenvalue weighted by Gasteiger charge is -2.19. The van der Waals surface area contributed by atoms with Gasteiger partial charge in [-0.25, -0.2) is 0 Å². The fourth-order valence-electron chi connectivity index (χ4n) is 2.09. The van der Waals surface area contributed by atoms with Crippen LogP contribution in [-0.2, 0) is 0 Å². The van der Waals surface area contributed by atoms with E-state index in [9.17, 15) is 5.11 Å². The van der Waals surface area contributed by atoms with Crippen LogP contribution in [0.25, 0.3) is 0 Å². The molecule has 0 bridgehead atoms. The molecule has 1 aromatic carbocycles. The van der Waals surface area contributed by atoms with Gasteiger partial charge in [0.2, 0.25) is 0 Å². The molecule has 0 aliphatic heterocycles. The summed E-state index contributed by atoms with van der Waals surface area (Å²) in [4.78, 5) is 0. The predicted molar refractivity (Wildman–Crippen MR) is 79.8 cm³/mol. The number of ether oxygens (including phenoxy) is 1. The second kappa shape index (κ2) is 8.18. The first-order chi connectivity index (χ1) is 9.06. The smallest absolute Gasteiger partial charge is 0.122 e. The Bertz CT molecular complexity index is 375. The summed E-state index contributed by atoms with van der Waals surface area (Å²) in [6, 6.07) is 6.56. The maximum atomic E-state index is 9.91. The van der Waals surface area contributed by atoms with Crippen LogP contribution in [0.4, 0.5) is 0 Å². The van der Waals surface area contributed by atoms with Crippen molar-refractivity contribution in [3.8, 4) is 5.75 Å². The lowest BCUT2D eigenvalue weighted by Crippen LogP contribution is -2.37. The minimum atomic E-state index is -0.471. The maximum absolute atomic E-state index is 9.91. The topological polar surface area (TPSA) is 41.5 Å². The summed E-state index contributed by atoms with van der Waals surface area (Å²) in [5.41, 5.74) is 2.33. The van der Waals surface area contributed by atoms with Crippen molar-refractivity contribution in [3.05, 3.63) is 29.3 Å². The van der Waals surface area contributed by atoms with Crippen molar-refractivity contribution in [2.75, 3.05) is 13.2 Å². The van der Waals surface area contributed by atoms with Gasteiger partial charge >= 0.3 is 0 Å². The van der Waals surface area contributed by atoms with Crippen molar-refractivity contribution in [2.45, 2.75) is 52.7 Å². The normalized spacial score (nSPS) is 12.7. The Morgan fingerprint density at radius 1 is 1.21 bits per heavy atom. The molecule has 108 valence electrons. The van der Waals surface area contributed by atoms with Crippen molar-refractivity contribution in [1.29, 1.82) is 0 Å². The minimum Gasteiger partial charge on any atom is -0.491 e. The molecule has 0 saturated heterocycles. The Morgan fingerprint density at radius 2 is 1.89 bits per heavy atom. The van der Waals surface area contributed by atoms with Crippen LogP contribution < -0.4 is 10.1 Å². The van der Waals surface area contributed by atoms with Gasteiger partial charge < -0.3 is 15.2 Å². The molecular weight excluding hydrogens is 238 g/mol. The van der Waals surface area contributed by atoms with E-state index in [0.717, 1.165) is 24.2 Å². The van der Waals surface area contributed by atoms with Gasteiger partial charge in [-0.05, 0) is 38.3 Å². The lowest BCUT2D eigenvalue weighted by atomic mass is 10.1. The summed E-state index contributed by atoms with van der Waals surface area (Å²) in [5, 5.41) is 13.3. The average molecular weight is 265 g/mol. The number of hydrogen-bond donors (Lipinski definition) is 2. The van der Waals surface area contributed by atoms with Crippen molar-refractivity contribution in [2.24, 2.45) is 0 Å². The lowest BCUT2D eigenvalue weighted by molar-refractivity contribution is 0.103. The van der Waals surface area contributed by atoms with E-state index in [4.69, 9.17) is 4.74 Å². The molecule has 1 rings (SSSR count). The van der Waals surface area contributed by atoms with Gasteiger partial charge in [0, 0.05) is 12.6 Å². The van der Waals surface area contributed by atoms with E-state index in [1.165, 1.54) is 5.56 Å². The summed E-state index contributed by atoms with van der Waals surface area (Å²) in [7, 11) is 0. The predicted octanol–water partition coefficient (Wildman–Crippen LogP) is 2.82. The highest BCUT2D eigenvalue weighted by molar-refractivity contribution is 5.35. The molecule has 0 radical (unpaired) electrons. The van der Waals surface area contributed by atoms with Crippen LogP contribution in [0.3, 0.4) is 0 Å². The Balaban J connectivity index is 2.35. The fourth-order valence-corrected chi connectivity index (χ4v) is 2.09. The van der Waals surface area contributed by atoms with E-state index in [1.807, 2.05) is 19.1 Å². The van der Waals surface area contributed by atoms with Gasteiger partial charge in [0.25, 0.3) is 0 Å². The third kappa shape index (κ3) is 5.62. The molecular formula is C16H27NO2. The number of aliphatic hydroxyl groups excluding tert-OH is 1. The summed E-state index contributed by atoms with van der Waals surface area (Å²) >= 11 is 0. The Kier molecular flexibility index (Phi) is 6.89. The molecule has 0 unspecified atom stereocenters. The molecule has 0 aromatic heterocycles. The highest BCUT2D eigenvalue weighted by atomic mass is 16.5. The van der Waals surface area contributed by atoms with E-state index < -0.39 is 6.10 Å². The van der Waals surface area contributed by atoms with E-state index in [2.05, 4.69) is 32.2 Å². The molecule has 2 N–H and O–H groups in total. The zero-order valence-electron chi connectivity index (χ0n) is 12.6. The zero-order chi connectivity index (χ0) is 14.3. The van der Waals surface area contributed by atoms with E-state index in [-0.39, 0.29) is 0 Å². The Hall–Kier alpha value is -1.06. The monoisotopic (exact) mass is 265 g/mol. The second-order valence-corrected chi connectivity index (χ2v) is 5.16. The van der Waals surface area contributed by atoms with Gasteiger partial charge in [0.1, 0.15) is 18.5 Å². The summed E-state index contributed by atoms with van der Waals surface area (Å²) in [5.74, 6) is 0.854. The van der Waals surface area contributed by atoms with Crippen LogP contribution in [-0.4, -0.2) is 30.4 Å². The van der Waals surface area contributed by atoms with Gasteiger partial charge in [0.15, 0.2) is 0 Å². The fraction of sp³-hybridized carbons (Fsp3) is 0.625. The minimum absolute atomic E-state index is 0.330. The first kappa shape index (κ1) is 16.0. The van der Waals surface area contributed by atoms with Crippen molar-refractivity contribution < 1.29 is 9.84 Å². The largest absolute Gasteiger partial charge is 0.491 e. The molecule has 0 amide bonds. The third-order valence-electron chi connectivity index (χ3n) is 3.39. The highest BCUT2D eigenvalue weighted by Crippen LogP contribution is 2.18. The number of benzene rings is 1. The summed E-state index contributed by atoms with van der Waals surface area (Å²) < 4.78 is 5.66. The summed E-state index contributed by atoms with van der Waals surface area (Å²) in [6.45, 7) is 9.30. The third-order valence-corrected chi connectivity index (χ3v) is 3.39. The molecule has 0 heterocycles. The van der Waals surface area contributed by atoms with Gasteiger partial charge in [-0.3, -0.25) is 0 Å². The van der Waals surface area contributed by atoms with Crippen LogP contribution >= 0.6 is 0 Å². The molecule has 19 heavy (non-hydrogen) atoms. The average Bonchev–Trinajstić information content (AvgIpc) is 2.39.